The van der Waals surface area contributed by atoms with Crippen molar-refractivity contribution in [3.8, 4) is 11.9 Å². The molecular weight excluding hydrogens is 420 g/mol. The second-order valence-electron chi connectivity index (χ2n) is 2.57. The number of halogens is 2. The summed E-state index contributed by atoms with van der Waals surface area (Å²) in [5, 5.41) is 8.70. The predicted octanol–water partition coefficient (Wildman–Crippen LogP) is 1.74. The Balaban J connectivity index is 2.55. The van der Waals surface area contributed by atoms with E-state index in [4.69, 9.17) is 5.26 Å². The van der Waals surface area contributed by atoms with E-state index in [1.54, 1.807) is 17.1 Å². The highest BCUT2D eigenvalue weighted by atomic mass is 127. The maximum Gasteiger partial charge on any atom is 0.161 e. The van der Waals surface area contributed by atoms with Crippen molar-refractivity contribution in [2.45, 2.75) is 0 Å². The zero-order valence-electron chi connectivity index (χ0n) is 7.22. The zero-order chi connectivity index (χ0) is 10.8. The van der Waals surface area contributed by atoms with E-state index in [1.165, 1.54) is 6.20 Å². The molecule has 2 aromatic rings. The van der Waals surface area contributed by atoms with Gasteiger partial charge < -0.3 is 0 Å². The van der Waals surface area contributed by atoms with Gasteiger partial charge in [-0.3, -0.25) is 9.55 Å². The van der Waals surface area contributed by atoms with Crippen molar-refractivity contribution in [1.29, 1.82) is 5.26 Å². The molecule has 0 bridgehead atoms. The third-order valence-corrected chi connectivity index (χ3v) is 4.50. The Morgan fingerprint density at radius 3 is 2.73 bits per heavy atom. The first-order valence-corrected chi connectivity index (χ1v) is 5.99. The molecule has 74 valence electrons. The van der Waals surface area contributed by atoms with Crippen LogP contribution in [0.15, 0.2) is 18.7 Å². The largest absolute Gasteiger partial charge is 0.276 e. The van der Waals surface area contributed by atoms with E-state index in [9.17, 15) is 0 Å². The van der Waals surface area contributed by atoms with Gasteiger partial charge in [0, 0.05) is 0 Å². The van der Waals surface area contributed by atoms with Crippen LogP contribution in [0.25, 0.3) is 5.82 Å². The van der Waals surface area contributed by atoms with Gasteiger partial charge in [0.15, 0.2) is 11.5 Å². The van der Waals surface area contributed by atoms with Gasteiger partial charge >= 0.3 is 0 Å². The fourth-order valence-electron chi connectivity index (χ4n) is 0.997. The quantitative estimate of drug-likeness (QED) is 0.656. The lowest BCUT2D eigenvalue weighted by molar-refractivity contribution is 0.942. The molecule has 0 unspecified atom stereocenters. The van der Waals surface area contributed by atoms with Gasteiger partial charge in [-0.1, -0.05) is 0 Å². The number of imidazole rings is 1. The van der Waals surface area contributed by atoms with Crippen molar-refractivity contribution in [1.82, 2.24) is 19.5 Å². The molecular formula is C8H3I2N5. The summed E-state index contributed by atoms with van der Waals surface area (Å²) in [4.78, 5) is 12.2. The zero-order valence-corrected chi connectivity index (χ0v) is 11.5. The minimum Gasteiger partial charge on any atom is -0.276 e. The van der Waals surface area contributed by atoms with E-state index < -0.39 is 0 Å². The number of rotatable bonds is 1. The first-order chi connectivity index (χ1) is 7.22. The van der Waals surface area contributed by atoms with Crippen LogP contribution in [0.1, 0.15) is 5.69 Å². The lowest BCUT2D eigenvalue weighted by Gasteiger charge is -2.01. The van der Waals surface area contributed by atoms with Crippen LogP contribution in [0.5, 0.6) is 0 Å². The molecule has 5 nitrogen and oxygen atoms in total. The van der Waals surface area contributed by atoms with Gasteiger partial charge in [0.1, 0.15) is 19.8 Å². The van der Waals surface area contributed by atoms with Crippen molar-refractivity contribution in [2.24, 2.45) is 0 Å². The molecule has 0 N–H and O–H groups in total. The van der Waals surface area contributed by atoms with E-state index in [-0.39, 0.29) is 0 Å². The fraction of sp³-hybridized carbons (Fsp3) is 0. The van der Waals surface area contributed by atoms with E-state index in [1.807, 2.05) is 6.07 Å². The molecule has 0 radical (unpaired) electrons. The topological polar surface area (TPSA) is 67.4 Å². The van der Waals surface area contributed by atoms with Gasteiger partial charge in [-0.05, 0) is 45.2 Å². The summed E-state index contributed by atoms with van der Waals surface area (Å²) in [5.74, 6) is 0.605. The maximum atomic E-state index is 8.70. The first kappa shape index (κ1) is 10.7. The van der Waals surface area contributed by atoms with Crippen LogP contribution in [0.4, 0.5) is 0 Å². The molecule has 0 aliphatic heterocycles. The number of nitrogens with zero attached hydrogens (tertiary/aromatic N) is 5. The van der Waals surface area contributed by atoms with Crippen molar-refractivity contribution < 1.29 is 0 Å². The number of hydrogen-bond acceptors (Lipinski definition) is 4. The van der Waals surface area contributed by atoms with Crippen molar-refractivity contribution in [2.75, 3.05) is 0 Å². The van der Waals surface area contributed by atoms with Crippen LogP contribution in [0.2, 0.25) is 0 Å². The summed E-state index contributed by atoms with van der Waals surface area (Å²) in [6, 6.07) is 1.95. The van der Waals surface area contributed by atoms with Crippen LogP contribution >= 0.6 is 45.2 Å². The minimum atomic E-state index is 0.298. The molecule has 0 amide bonds. The summed E-state index contributed by atoms with van der Waals surface area (Å²) in [7, 11) is 0. The van der Waals surface area contributed by atoms with Crippen molar-refractivity contribution in [3.63, 3.8) is 0 Å². The summed E-state index contributed by atoms with van der Waals surface area (Å²) in [6.45, 7) is 0. The van der Waals surface area contributed by atoms with Gasteiger partial charge in [-0.2, -0.15) is 5.26 Å². The molecule has 7 heteroatoms. The molecule has 0 aromatic carbocycles. The monoisotopic (exact) mass is 423 g/mol. The smallest absolute Gasteiger partial charge is 0.161 e. The van der Waals surface area contributed by atoms with Gasteiger partial charge in [-0.25, -0.2) is 9.97 Å². The Morgan fingerprint density at radius 2 is 2.13 bits per heavy atom. The average Bonchev–Trinajstić information content (AvgIpc) is 2.60. The standard InChI is InChI=1S/C8H3I2N5/c9-7-8(10)15(4-13-7)6-3-12-2-5(1-11)14-6/h2-4H. The van der Waals surface area contributed by atoms with E-state index >= 15 is 0 Å². The molecule has 2 aromatic heterocycles. The summed E-state index contributed by atoms with van der Waals surface area (Å²) < 4.78 is 3.64. The van der Waals surface area contributed by atoms with Crippen LogP contribution in [0.3, 0.4) is 0 Å². The van der Waals surface area contributed by atoms with Gasteiger partial charge in [0.05, 0.1) is 12.4 Å². The Morgan fingerprint density at radius 1 is 1.33 bits per heavy atom. The fourth-order valence-corrected chi connectivity index (χ4v) is 1.89. The van der Waals surface area contributed by atoms with Crippen molar-refractivity contribution in [3.05, 3.63) is 31.8 Å². The molecule has 15 heavy (non-hydrogen) atoms. The predicted molar refractivity (Wildman–Crippen MR) is 69.3 cm³/mol. The molecule has 2 heterocycles. The average molecular weight is 423 g/mol. The maximum absolute atomic E-state index is 8.70. The number of hydrogen-bond donors (Lipinski definition) is 0. The number of nitriles is 1. The van der Waals surface area contributed by atoms with Crippen LogP contribution in [0, 0.1) is 18.7 Å². The summed E-state index contributed by atoms with van der Waals surface area (Å²) in [6.07, 6.45) is 4.69. The Bertz CT molecular complexity index is 542. The minimum absolute atomic E-state index is 0.298. The normalized spacial score (nSPS) is 9.93. The second-order valence-corrected chi connectivity index (χ2v) is 4.61. The van der Waals surface area contributed by atoms with Gasteiger partial charge in [0.2, 0.25) is 0 Å². The highest BCUT2D eigenvalue weighted by Crippen LogP contribution is 2.16. The molecule has 0 aliphatic rings. The highest BCUT2D eigenvalue weighted by Gasteiger charge is 2.08. The molecule has 0 saturated carbocycles. The third-order valence-electron chi connectivity index (χ3n) is 1.65. The Kier molecular flexibility index (Phi) is 3.15. The first-order valence-electron chi connectivity index (χ1n) is 3.83. The van der Waals surface area contributed by atoms with Crippen LogP contribution in [-0.4, -0.2) is 19.5 Å². The third kappa shape index (κ3) is 2.10. The summed E-state index contributed by atoms with van der Waals surface area (Å²) in [5.41, 5.74) is 0.298. The van der Waals surface area contributed by atoms with E-state index in [2.05, 4.69) is 60.1 Å². The molecule has 0 fully saturated rings. The molecule has 2 rings (SSSR count). The van der Waals surface area contributed by atoms with E-state index in [0.717, 1.165) is 7.40 Å². The van der Waals surface area contributed by atoms with E-state index in [0.29, 0.717) is 11.5 Å². The lowest BCUT2D eigenvalue weighted by Crippen LogP contribution is -2.00. The highest BCUT2D eigenvalue weighted by molar-refractivity contribution is 14.1. The number of aromatic nitrogens is 4. The van der Waals surface area contributed by atoms with Crippen LogP contribution in [-0.2, 0) is 0 Å². The Labute approximate surface area is 113 Å². The Hall–Kier alpha value is -0.760. The van der Waals surface area contributed by atoms with Gasteiger partial charge in [0.25, 0.3) is 0 Å². The van der Waals surface area contributed by atoms with Crippen molar-refractivity contribution >= 4 is 45.2 Å². The molecule has 0 spiro atoms. The second kappa shape index (κ2) is 4.40. The SMILES string of the molecule is N#Cc1cncc(-n2cnc(I)c2I)n1. The molecule has 0 atom stereocenters. The molecule has 0 saturated heterocycles. The summed E-state index contributed by atoms with van der Waals surface area (Å²) >= 11 is 4.31. The van der Waals surface area contributed by atoms with Gasteiger partial charge in [-0.15, -0.1) is 0 Å². The van der Waals surface area contributed by atoms with Crippen LogP contribution < -0.4 is 0 Å². The molecule has 0 aliphatic carbocycles. The lowest BCUT2D eigenvalue weighted by atomic mass is 10.5.